The highest BCUT2D eigenvalue weighted by atomic mass is 19.1. The number of aromatic nitrogens is 4. The van der Waals surface area contributed by atoms with E-state index in [1.54, 1.807) is 0 Å². The van der Waals surface area contributed by atoms with Gasteiger partial charge in [-0.25, -0.2) is 22.8 Å². The number of rotatable bonds is 5. The number of hydrogen-bond donors (Lipinski definition) is 2. The van der Waals surface area contributed by atoms with Crippen molar-refractivity contribution < 1.29 is 13.2 Å². The number of anilines is 2. The molecule has 164 valence electrons. The van der Waals surface area contributed by atoms with Crippen LogP contribution in [0.25, 0.3) is 28.0 Å². The van der Waals surface area contributed by atoms with Gasteiger partial charge >= 0.3 is 0 Å². The van der Waals surface area contributed by atoms with Crippen LogP contribution in [0.1, 0.15) is 5.56 Å². The van der Waals surface area contributed by atoms with E-state index in [-0.39, 0.29) is 28.7 Å². The molecule has 0 bridgehead atoms. The topological polar surface area (TPSA) is 81.7 Å². The molecule has 5 aromatic rings. The largest absolute Gasteiger partial charge is 0.383 e. The van der Waals surface area contributed by atoms with Crippen LogP contribution in [0, 0.1) is 17.5 Å². The van der Waals surface area contributed by atoms with Gasteiger partial charge < -0.3 is 11.1 Å². The van der Waals surface area contributed by atoms with Gasteiger partial charge in [-0.15, -0.1) is 5.10 Å². The first-order valence-corrected chi connectivity index (χ1v) is 10.0. The van der Waals surface area contributed by atoms with E-state index in [1.165, 1.54) is 35.0 Å². The van der Waals surface area contributed by atoms with Gasteiger partial charge in [0.15, 0.2) is 5.65 Å². The molecule has 9 heteroatoms. The third kappa shape index (κ3) is 3.96. The van der Waals surface area contributed by atoms with Gasteiger partial charge in [0, 0.05) is 18.2 Å². The van der Waals surface area contributed by atoms with Crippen LogP contribution in [-0.2, 0) is 6.54 Å². The molecule has 0 spiro atoms. The highest BCUT2D eigenvalue weighted by molar-refractivity contribution is 5.99. The van der Waals surface area contributed by atoms with Gasteiger partial charge in [-0.05, 0) is 42.0 Å². The molecule has 2 aromatic heterocycles. The lowest BCUT2D eigenvalue weighted by molar-refractivity contribution is 0.585. The number of benzene rings is 3. The van der Waals surface area contributed by atoms with Gasteiger partial charge in [-0.2, -0.15) is 4.98 Å². The van der Waals surface area contributed by atoms with Gasteiger partial charge in [0.05, 0.1) is 16.8 Å². The van der Waals surface area contributed by atoms with Crippen LogP contribution in [0.2, 0.25) is 0 Å². The number of nitrogens with two attached hydrogens (primary N) is 1. The van der Waals surface area contributed by atoms with Crippen LogP contribution < -0.4 is 11.1 Å². The minimum absolute atomic E-state index is 0.0527. The van der Waals surface area contributed by atoms with Crippen molar-refractivity contribution in [2.75, 3.05) is 11.1 Å². The SMILES string of the molecule is Nc1c2c(-c3ccc(F)cc3F)nc(NCc3ccccc3)nc2nn1-c1ccc(F)cc1. The molecular formula is C24H17F3N6. The van der Waals surface area contributed by atoms with Crippen LogP contribution in [-0.4, -0.2) is 19.7 Å². The number of halogens is 3. The lowest BCUT2D eigenvalue weighted by Crippen LogP contribution is -2.05. The van der Waals surface area contributed by atoms with Crippen molar-refractivity contribution in [1.29, 1.82) is 0 Å². The maximum absolute atomic E-state index is 14.7. The normalized spacial score (nSPS) is 11.1. The second-order valence-corrected chi connectivity index (χ2v) is 7.33. The monoisotopic (exact) mass is 446 g/mol. The smallest absolute Gasteiger partial charge is 0.225 e. The molecule has 0 radical (unpaired) electrons. The second-order valence-electron chi connectivity index (χ2n) is 7.33. The van der Waals surface area contributed by atoms with E-state index in [0.717, 1.165) is 17.7 Å². The Morgan fingerprint density at radius 1 is 0.848 bits per heavy atom. The van der Waals surface area contributed by atoms with Crippen molar-refractivity contribution in [3.63, 3.8) is 0 Å². The quantitative estimate of drug-likeness (QED) is 0.393. The molecule has 0 aliphatic carbocycles. The Morgan fingerprint density at radius 3 is 2.30 bits per heavy atom. The van der Waals surface area contributed by atoms with Crippen molar-refractivity contribution in [3.05, 3.63) is 95.8 Å². The van der Waals surface area contributed by atoms with E-state index in [2.05, 4.69) is 20.4 Å². The molecule has 3 aromatic carbocycles. The van der Waals surface area contributed by atoms with Crippen LogP contribution in [0.3, 0.4) is 0 Å². The molecule has 3 N–H and O–H groups in total. The Labute approximate surface area is 186 Å². The second kappa shape index (κ2) is 8.27. The average molecular weight is 446 g/mol. The first-order valence-electron chi connectivity index (χ1n) is 10.0. The van der Waals surface area contributed by atoms with Gasteiger partial charge in [-0.1, -0.05) is 30.3 Å². The fourth-order valence-corrected chi connectivity index (χ4v) is 3.52. The molecule has 0 unspecified atom stereocenters. The standard InChI is InChI=1S/C24H17F3N6/c25-15-6-9-17(10-7-15)33-22(28)20-21(18-11-8-16(26)12-19(18)27)30-24(31-23(20)32-33)29-13-14-4-2-1-3-5-14/h1-12H,13,28H2,(H,29,31,32). The molecule has 0 saturated heterocycles. The van der Waals surface area contributed by atoms with E-state index in [9.17, 15) is 13.2 Å². The summed E-state index contributed by atoms with van der Waals surface area (Å²) < 4.78 is 43.0. The summed E-state index contributed by atoms with van der Waals surface area (Å²) in [6, 6.07) is 18.4. The Hall–Kier alpha value is -4.40. The molecular weight excluding hydrogens is 429 g/mol. The molecule has 0 aliphatic heterocycles. The van der Waals surface area contributed by atoms with Gasteiger partial charge in [-0.3, -0.25) is 0 Å². The molecule has 33 heavy (non-hydrogen) atoms. The number of hydrogen-bond acceptors (Lipinski definition) is 5. The minimum Gasteiger partial charge on any atom is -0.383 e. The number of nitrogens with one attached hydrogen (secondary N) is 1. The summed E-state index contributed by atoms with van der Waals surface area (Å²) in [5.41, 5.74) is 8.27. The summed E-state index contributed by atoms with van der Waals surface area (Å²) in [6.07, 6.45) is 0. The molecule has 0 atom stereocenters. The predicted molar refractivity (Wildman–Crippen MR) is 120 cm³/mol. The van der Waals surface area contributed by atoms with Crippen molar-refractivity contribution in [2.24, 2.45) is 0 Å². The highest BCUT2D eigenvalue weighted by Gasteiger charge is 2.21. The van der Waals surface area contributed by atoms with Crippen molar-refractivity contribution in [1.82, 2.24) is 19.7 Å². The highest BCUT2D eigenvalue weighted by Crippen LogP contribution is 2.34. The fraction of sp³-hybridized carbons (Fsp3) is 0.0417. The zero-order valence-corrected chi connectivity index (χ0v) is 17.1. The van der Waals surface area contributed by atoms with E-state index in [1.807, 2.05) is 30.3 Å². The zero-order valence-electron chi connectivity index (χ0n) is 17.1. The summed E-state index contributed by atoms with van der Waals surface area (Å²) in [6.45, 7) is 0.422. The van der Waals surface area contributed by atoms with E-state index < -0.39 is 17.5 Å². The van der Waals surface area contributed by atoms with E-state index in [0.29, 0.717) is 17.6 Å². The summed E-state index contributed by atoms with van der Waals surface area (Å²) >= 11 is 0. The lowest BCUT2D eigenvalue weighted by atomic mass is 10.1. The molecule has 0 fully saturated rings. The Balaban J connectivity index is 1.67. The third-order valence-corrected chi connectivity index (χ3v) is 5.12. The third-order valence-electron chi connectivity index (χ3n) is 5.12. The Kier molecular flexibility index (Phi) is 5.14. The maximum atomic E-state index is 14.7. The van der Waals surface area contributed by atoms with Crippen LogP contribution in [0.4, 0.5) is 24.9 Å². The van der Waals surface area contributed by atoms with Crippen LogP contribution in [0.5, 0.6) is 0 Å². The molecule has 0 amide bonds. The van der Waals surface area contributed by atoms with E-state index >= 15 is 0 Å². The lowest BCUT2D eigenvalue weighted by Gasteiger charge is -2.09. The molecule has 6 nitrogen and oxygen atoms in total. The number of fused-ring (bicyclic) bond motifs is 1. The van der Waals surface area contributed by atoms with Crippen molar-refractivity contribution in [3.8, 4) is 16.9 Å². The summed E-state index contributed by atoms with van der Waals surface area (Å²) in [4.78, 5) is 8.92. The summed E-state index contributed by atoms with van der Waals surface area (Å²) in [5, 5.41) is 7.86. The Morgan fingerprint density at radius 2 is 1.58 bits per heavy atom. The summed E-state index contributed by atoms with van der Waals surface area (Å²) in [5.74, 6) is -1.56. The van der Waals surface area contributed by atoms with Gasteiger partial charge in [0.2, 0.25) is 5.95 Å². The number of nitrogens with zero attached hydrogens (tertiary/aromatic N) is 4. The van der Waals surface area contributed by atoms with E-state index in [4.69, 9.17) is 5.73 Å². The molecule has 2 heterocycles. The first kappa shape index (κ1) is 20.5. The van der Waals surface area contributed by atoms with Crippen molar-refractivity contribution >= 4 is 22.8 Å². The van der Waals surface area contributed by atoms with Gasteiger partial charge in [0.25, 0.3) is 0 Å². The minimum atomic E-state index is -0.794. The summed E-state index contributed by atoms with van der Waals surface area (Å²) in [7, 11) is 0. The number of nitrogen functional groups attached to an aromatic ring is 1. The van der Waals surface area contributed by atoms with Crippen LogP contribution in [0.15, 0.2) is 72.8 Å². The van der Waals surface area contributed by atoms with Crippen LogP contribution >= 0.6 is 0 Å². The molecule has 5 rings (SSSR count). The molecule has 0 saturated carbocycles. The first-order chi connectivity index (χ1) is 16.0. The zero-order chi connectivity index (χ0) is 22.9. The average Bonchev–Trinajstić information content (AvgIpc) is 3.15. The maximum Gasteiger partial charge on any atom is 0.225 e. The van der Waals surface area contributed by atoms with Gasteiger partial charge in [0.1, 0.15) is 23.3 Å². The van der Waals surface area contributed by atoms with Crippen molar-refractivity contribution in [2.45, 2.75) is 6.54 Å². The fourth-order valence-electron chi connectivity index (χ4n) is 3.52. The predicted octanol–water partition coefficient (Wildman–Crippen LogP) is 5.09. The Bertz CT molecular complexity index is 1450. The molecule has 0 aliphatic rings.